The Morgan fingerprint density at radius 2 is 1.68 bits per heavy atom. The van der Waals surface area contributed by atoms with Crippen molar-refractivity contribution >= 4 is 11.3 Å². The highest BCUT2D eigenvalue weighted by atomic mass is 32.1. The summed E-state index contributed by atoms with van der Waals surface area (Å²) in [6.45, 7) is 5.58. The molecule has 4 saturated carbocycles. The van der Waals surface area contributed by atoms with Crippen LogP contribution in [-0.2, 0) is 6.54 Å². The Bertz CT molecular complexity index is 428. The largest absolute Gasteiger partial charge is 0.309 e. The van der Waals surface area contributed by atoms with Crippen LogP contribution in [0.15, 0.2) is 6.07 Å². The zero-order valence-corrected chi connectivity index (χ0v) is 12.9. The van der Waals surface area contributed by atoms with Gasteiger partial charge in [0.25, 0.3) is 0 Å². The average molecular weight is 275 g/mol. The lowest BCUT2D eigenvalue weighted by molar-refractivity contribution is -0.0141. The first-order chi connectivity index (χ1) is 9.19. The summed E-state index contributed by atoms with van der Waals surface area (Å²) >= 11 is 1.98. The van der Waals surface area contributed by atoms with Gasteiger partial charge in [0.05, 0.1) is 0 Å². The van der Waals surface area contributed by atoms with Crippen molar-refractivity contribution in [2.45, 2.75) is 58.5 Å². The molecular formula is C17H25NS. The fraction of sp³-hybridized carbons (Fsp3) is 0.765. The van der Waals surface area contributed by atoms with Gasteiger partial charge in [-0.25, -0.2) is 0 Å². The van der Waals surface area contributed by atoms with Gasteiger partial charge in [0.1, 0.15) is 0 Å². The van der Waals surface area contributed by atoms with E-state index < -0.39 is 0 Å². The molecule has 19 heavy (non-hydrogen) atoms. The molecule has 1 N–H and O–H groups in total. The molecule has 104 valence electrons. The van der Waals surface area contributed by atoms with Gasteiger partial charge in [0, 0.05) is 22.3 Å². The van der Waals surface area contributed by atoms with Crippen LogP contribution >= 0.6 is 11.3 Å². The first-order valence-corrected chi connectivity index (χ1v) is 8.80. The second kappa shape index (κ2) is 4.60. The predicted octanol–water partition coefficient (Wildman–Crippen LogP) is 4.28. The highest BCUT2D eigenvalue weighted by Gasteiger charge is 2.47. The van der Waals surface area contributed by atoms with E-state index in [4.69, 9.17) is 0 Å². The van der Waals surface area contributed by atoms with Gasteiger partial charge >= 0.3 is 0 Å². The normalized spacial score (nSPS) is 40.0. The molecule has 0 saturated heterocycles. The standard InChI is InChI=1S/C17H25NS/c1-10-3-16(19-11(10)2)9-18-17-14-5-12-4-13(7-14)8-15(17)6-12/h3,12-15,17-18H,4-9H2,1-2H3. The van der Waals surface area contributed by atoms with Gasteiger partial charge in [-0.3, -0.25) is 0 Å². The van der Waals surface area contributed by atoms with Crippen molar-refractivity contribution in [3.8, 4) is 0 Å². The molecule has 1 aromatic rings. The number of thiophene rings is 1. The summed E-state index contributed by atoms with van der Waals surface area (Å²) < 4.78 is 0. The lowest BCUT2D eigenvalue weighted by Gasteiger charge is -2.54. The van der Waals surface area contributed by atoms with Crippen molar-refractivity contribution < 1.29 is 0 Å². The van der Waals surface area contributed by atoms with Crippen LogP contribution in [0.1, 0.15) is 47.4 Å². The van der Waals surface area contributed by atoms with Crippen LogP contribution in [0.2, 0.25) is 0 Å². The van der Waals surface area contributed by atoms with E-state index in [-0.39, 0.29) is 0 Å². The molecule has 2 heteroatoms. The van der Waals surface area contributed by atoms with Gasteiger partial charge in [0.15, 0.2) is 0 Å². The van der Waals surface area contributed by atoms with Crippen molar-refractivity contribution in [3.63, 3.8) is 0 Å². The minimum atomic E-state index is 0.829. The van der Waals surface area contributed by atoms with E-state index in [2.05, 4.69) is 25.2 Å². The SMILES string of the molecule is Cc1cc(CNC2C3CC4CC(C3)CC2C4)sc1C. The van der Waals surface area contributed by atoms with Crippen molar-refractivity contribution in [2.75, 3.05) is 0 Å². The number of aryl methyl sites for hydroxylation is 2. The van der Waals surface area contributed by atoms with Crippen LogP contribution in [0.5, 0.6) is 0 Å². The zero-order chi connectivity index (χ0) is 13.0. The molecule has 4 aliphatic rings. The summed E-state index contributed by atoms with van der Waals surface area (Å²) in [6, 6.07) is 3.21. The predicted molar refractivity (Wildman–Crippen MR) is 81.5 cm³/mol. The Hall–Kier alpha value is -0.340. The number of hydrogen-bond donors (Lipinski definition) is 1. The zero-order valence-electron chi connectivity index (χ0n) is 12.1. The molecule has 1 aromatic heterocycles. The second-order valence-corrected chi connectivity index (χ2v) is 8.63. The lowest BCUT2D eigenvalue weighted by atomic mass is 9.54. The van der Waals surface area contributed by atoms with Crippen LogP contribution in [0.25, 0.3) is 0 Å². The van der Waals surface area contributed by atoms with Crippen molar-refractivity contribution in [2.24, 2.45) is 23.7 Å². The maximum absolute atomic E-state index is 3.93. The van der Waals surface area contributed by atoms with Crippen molar-refractivity contribution in [3.05, 3.63) is 21.4 Å². The molecule has 4 bridgehead atoms. The third kappa shape index (κ3) is 2.17. The molecule has 0 aliphatic heterocycles. The number of rotatable bonds is 3. The Labute approximate surface area is 120 Å². The van der Waals surface area contributed by atoms with Gasteiger partial charge in [-0.1, -0.05) is 0 Å². The minimum absolute atomic E-state index is 0.829. The van der Waals surface area contributed by atoms with E-state index in [1.807, 2.05) is 11.3 Å². The molecule has 1 heterocycles. The third-order valence-electron chi connectivity index (χ3n) is 5.96. The Morgan fingerprint density at radius 1 is 1.05 bits per heavy atom. The average Bonchev–Trinajstić information content (AvgIpc) is 2.67. The number of nitrogens with one attached hydrogen (secondary N) is 1. The molecule has 0 aromatic carbocycles. The lowest BCUT2D eigenvalue weighted by Crippen LogP contribution is -2.54. The first-order valence-electron chi connectivity index (χ1n) is 7.98. The number of hydrogen-bond acceptors (Lipinski definition) is 2. The Balaban J connectivity index is 1.43. The highest BCUT2D eigenvalue weighted by Crippen LogP contribution is 2.53. The molecule has 0 radical (unpaired) electrons. The molecule has 0 unspecified atom stereocenters. The van der Waals surface area contributed by atoms with E-state index in [9.17, 15) is 0 Å². The van der Waals surface area contributed by atoms with E-state index in [0.29, 0.717) is 0 Å². The van der Waals surface area contributed by atoms with Gasteiger partial charge < -0.3 is 5.32 Å². The summed E-state index contributed by atoms with van der Waals surface area (Å²) in [7, 11) is 0. The molecule has 0 amide bonds. The molecule has 0 spiro atoms. The fourth-order valence-corrected chi connectivity index (χ4v) is 6.22. The summed E-state index contributed by atoms with van der Waals surface area (Å²) in [5, 5.41) is 3.93. The summed E-state index contributed by atoms with van der Waals surface area (Å²) in [6.07, 6.45) is 7.64. The van der Waals surface area contributed by atoms with Gasteiger partial charge in [-0.05, 0) is 81.3 Å². The van der Waals surface area contributed by atoms with Crippen molar-refractivity contribution in [1.82, 2.24) is 5.32 Å². The molecular weight excluding hydrogens is 250 g/mol. The maximum atomic E-state index is 3.93. The van der Waals surface area contributed by atoms with Crippen LogP contribution in [0.4, 0.5) is 0 Å². The third-order valence-corrected chi connectivity index (χ3v) is 7.11. The Morgan fingerprint density at radius 3 is 2.21 bits per heavy atom. The highest BCUT2D eigenvalue weighted by molar-refractivity contribution is 7.12. The summed E-state index contributed by atoms with van der Waals surface area (Å²) in [5.74, 6) is 4.18. The second-order valence-electron chi connectivity index (χ2n) is 7.29. The van der Waals surface area contributed by atoms with Crippen LogP contribution < -0.4 is 5.32 Å². The summed E-state index contributed by atoms with van der Waals surface area (Å²) in [4.78, 5) is 3.02. The molecule has 4 aliphatic carbocycles. The first kappa shape index (κ1) is 12.4. The summed E-state index contributed by atoms with van der Waals surface area (Å²) in [5.41, 5.74) is 1.46. The monoisotopic (exact) mass is 275 g/mol. The van der Waals surface area contributed by atoms with Gasteiger partial charge in [0.2, 0.25) is 0 Å². The Kier molecular flexibility index (Phi) is 3.00. The molecule has 1 nitrogen and oxygen atoms in total. The van der Waals surface area contributed by atoms with Gasteiger partial charge in [-0.2, -0.15) is 0 Å². The van der Waals surface area contributed by atoms with Gasteiger partial charge in [-0.15, -0.1) is 11.3 Å². The van der Waals surface area contributed by atoms with Crippen LogP contribution in [0.3, 0.4) is 0 Å². The molecule has 0 atom stereocenters. The van der Waals surface area contributed by atoms with E-state index >= 15 is 0 Å². The molecule has 5 rings (SSSR count). The fourth-order valence-electron chi connectivity index (χ4n) is 5.21. The smallest absolute Gasteiger partial charge is 0.0302 e. The van der Waals surface area contributed by atoms with Crippen LogP contribution in [0, 0.1) is 37.5 Å². The van der Waals surface area contributed by atoms with Crippen molar-refractivity contribution in [1.29, 1.82) is 0 Å². The maximum Gasteiger partial charge on any atom is 0.0302 e. The minimum Gasteiger partial charge on any atom is -0.309 e. The van der Waals surface area contributed by atoms with E-state index in [1.54, 1.807) is 6.42 Å². The van der Waals surface area contributed by atoms with E-state index in [0.717, 1.165) is 36.3 Å². The molecule has 4 fully saturated rings. The topological polar surface area (TPSA) is 12.0 Å². The van der Waals surface area contributed by atoms with Crippen LogP contribution in [-0.4, -0.2) is 6.04 Å². The quantitative estimate of drug-likeness (QED) is 0.868. The van der Waals surface area contributed by atoms with E-state index in [1.165, 1.54) is 41.0 Å².